The van der Waals surface area contributed by atoms with Crippen LogP contribution in [0.3, 0.4) is 0 Å². The van der Waals surface area contributed by atoms with E-state index in [2.05, 4.69) is 31.0 Å². The molecule has 0 aromatic carbocycles. The van der Waals surface area contributed by atoms with Crippen molar-refractivity contribution in [1.29, 1.82) is 0 Å². The molecule has 1 aromatic rings. The average molecular weight is 211 g/mol. The van der Waals surface area contributed by atoms with Gasteiger partial charge in [-0.3, -0.25) is 0 Å². The fraction of sp³-hybridized carbons (Fsp3) is 0.636. The number of thiophene rings is 1. The van der Waals surface area contributed by atoms with Crippen LogP contribution < -0.4 is 0 Å². The molecule has 2 nitrogen and oxygen atoms in total. The van der Waals surface area contributed by atoms with E-state index >= 15 is 0 Å². The molecular weight excluding hydrogens is 194 g/mol. The zero-order valence-electron chi connectivity index (χ0n) is 8.79. The molecule has 0 spiro atoms. The van der Waals surface area contributed by atoms with Gasteiger partial charge in [0.15, 0.2) is 0 Å². The first-order valence-corrected chi connectivity index (χ1v) is 5.85. The van der Waals surface area contributed by atoms with Crippen molar-refractivity contribution in [3.63, 3.8) is 0 Å². The van der Waals surface area contributed by atoms with Crippen molar-refractivity contribution in [2.24, 2.45) is 0 Å². The SMILES string of the molecule is Cc1ccc(CC2(O)CCN(C)C2)s1. The Bertz CT molecular complexity index is 323. The predicted molar refractivity (Wildman–Crippen MR) is 59.8 cm³/mol. The van der Waals surface area contributed by atoms with Crippen molar-refractivity contribution in [2.75, 3.05) is 20.1 Å². The van der Waals surface area contributed by atoms with Gasteiger partial charge in [0.25, 0.3) is 0 Å². The largest absolute Gasteiger partial charge is 0.388 e. The Morgan fingerprint density at radius 3 is 2.86 bits per heavy atom. The van der Waals surface area contributed by atoms with Gasteiger partial charge in [-0.25, -0.2) is 0 Å². The van der Waals surface area contributed by atoms with Crippen molar-refractivity contribution in [3.05, 3.63) is 21.9 Å². The number of rotatable bonds is 2. The third kappa shape index (κ3) is 2.16. The summed E-state index contributed by atoms with van der Waals surface area (Å²) < 4.78 is 0. The summed E-state index contributed by atoms with van der Waals surface area (Å²) in [6.45, 7) is 3.93. The molecule has 2 rings (SSSR count). The van der Waals surface area contributed by atoms with Crippen LogP contribution in [0.15, 0.2) is 12.1 Å². The summed E-state index contributed by atoms with van der Waals surface area (Å²) in [4.78, 5) is 4.83. The number of β-amino-alcohol motifs (C(OH)–C–C–N with tert-alkyl or cyclic N) is 1. The predicted octanol–water partition coefficient (Wildman–Crippen LogP) is 1.67. The molecule has 0 saturated carbocycles. The summed E-state index contributed by atoms with van der Waals surface area (Å²) in [6, 6.07) is 4.26. The maximum absolute atomic E-state index is 10.3. The van der Waals surface area contributed by atoms with E-state index in [4.69, 9.17) is 0 Å². The van der Waals surface area contributed by atoms with Crippen LogP contribution in [0, 0.1) is 6.92 Å². The number of hydrogen-bond acceptors (Lipinski definition) is 3. The van der Waals surface area contributed by atoms with Crippen LogP contribution >= 0.6 is 11.3 Å². The monoisotopic (exact) mass is 211 g/mol. The Hall–Kier alpha value is -0.380. The Morgan fingerprint density at radius 2 is 2.36 bits per heavy atom. The van der Waals surface area contributed by atoms with E-state index in [1.165, 1.54) is 9.75 Å². The van der Waals surface area contributed by atoms with Gasteiger partial charge >= 0.3 is 0 Å². The van der Waals surface area contributed by atoms with E-state index in [-0.39, 0.29) is 0 Å². The van der Waals surface area contributed by atoms with Crippen LogP contribution in [0.5, 0.6) is 0 Å². The van der Waals surface area contributed by atoms with Crippen molar-refractivity contribution in [2.45, 2.75) is 25.4 Å². The van der Waals surface area contributed by atoms with Gasteiger partial charge in [-0.15, -0.1) is 11.3 Å². The summed E-state index contributed by atoms with van der Waals surface area (Å²) in [5, 5.41) is 10.3. The molecule has 1 atom stereocenters. The summed E-state index contributed by atoms with van der Waals surface area (Å²) in [6.07, 6.45) is 1.72. The molecule has 1 fully saturated rings. The molecule has 78 valence electrons. The molecule has 3 heteroatoms. The topological polar surface area (TPSA) is 23.5 Å². The standard InChI is InChI=1S/C11H17NOS/c1-9-3-4-10(14-9)7-11(13)5-6-12(2)8-11/h3-4,13H,5-8H2,1-2H3. The molecule has 14 heavy (non-hydrogen) atoms. The first-order chi connectivity index (χ1) is 6.57. The maximum atomic E-state index is 10.3. The smallest absolute Gasteiger partial charge is 0.0834 e. The second-order valence-corrected chi connectivity index (χ2v) is 5.77. The highest BCUT2D eigenvalue weighted by Crippen LogP contribution is 2.27. The summed E-state index contributed by atoms with van der Waals surface area (Å²) in [7, 11) is 2.07. The molecule has 1 saturated heterocycles. The molecule has 1 aliphatic rings. The van der Waals surface area contributed by atoms with Gasteiger partial charge in [-0.1, -0.05) is 0 Å². The average Bonchev–Trinajstić information content (AvgIpc) is 2.60. The second-order valence-electron chi connectivity index (χ2n) is 4.40. The number of likely N-dealkylation sites (tertiary alicyclic amines) is 1. The van der Waals surface area contributed by atoms with Crippen LogP contribution in [0.4, 0.5) is 0 Å². The third-order valence-electron chi connectivity index (χ3n) is 2.82. The van der Waals surface area contributed by atoms with E-state index in [0.717, 1.165) is 25.9 Å². The summed E-state index contributed by atoms with van der Waals surface area (Å²) in [5.74, 6) is 0. The first kappa shape index (κ1) is 10.1. The van der Waals surface area contributed by atoms with Crippen molar-refractivity contribution in [1.82, 2.24) is 4.90 Å². The van der Waals surface area contributed by atoms with Crippen LogP contribution in [0.2, 0.25) is 0 Å². The van der Waals surface area contributed by atoms with Crippen LogP contribution in [0.1, 0.15) is 16.2 Å². The molecule has 2 heterocycles. The van der Waals surface area contributed by atoms with E-state index in [0.29, 0.717) is 0 Å². The first-order valence-electron chi connectivity index (χ1n) is 5.04. The second kappa shape index (κ2) is 3.65. The molecule has 1 aromatic heterocycles. The molecule has 0 bridgehead atoms. The fourth-order valence-corrected chi connectivity index (χ4v) is 3.13. The summed E-state index contributed by atoms with van der Waals surface area (Å²) in [5.41, 5.74) is -0.480. The van der Waals surface area contributed by atoms with E-state index in [9.17, 15) is 5.11 Å². The molecule has 0 radical (unpaired) electrons. The highest BCUT2D eigenvalue weighted by Gasteiger charge is 2.34. The quantitative estimate of drug-likeness (QED) is 0.804. The van der Waals surface area contributed by atoms with Crippen molar-refractivity contribution >= 4 is 11.3 Å². The zero-order chi connectivity index (χ0) is 10.2. The van der Waals surface area contributed by atoms with E-state index < -0.39 is 5.60 Å². The van der Waals surface area contributed by atoms with Gasteiger partial charge < -0.3 is 10.0 Å². The Balaban J connectivity index is 2.03. The van der Waals surface area contributed by atoms with Crippen LogP contribution in [0.25, 0.3) is 0 Å². The maximum Gasteiger partial charge on any atom is 0.0834 e. The minimum Gasteiger partial charge on any atom is -0.388 e. The van der Waals surface area contributed by atoms with E-state index in [1.807, 2.05) is 0 Å². The van der Waals surface area contributed by atoms with Crippen molar-refractivity contribution in [3.8, 4) is 0 Å². The number of aryl methyl sites for hydroxylation is 1. The van der Waals surface area contributed by atoms with Gasteiger partial charge in [0.05, 0.1) is 5.60 Å². The number of nitrogens with zero attached hydrogens (tertiary/aromatic N) is 1. The summed E-state index contributed by atoms with van der Waals surface area (Å²) >= 11 is 1.80. The Labute approximate surface area is 89.2 Å². The number of hydrogen-bond donors (Lipinski definition) is 1. The minimum absolute atomic E-state index is 0.480. The van der Waals surface area contributed by atoms with Crippen LogP contribution in [-0.2, 0) is 6.42 Å². The van der Waals surface area contributed by atoms with Gasteiger partial charge in [-0.05, 0) is 32.5 Å². The molecule has 1 N–H and O–H groups in total. The highest BCUT2D eigenvalue weighted by molar-refractivity contribution is 7.11. The van der Waals surface area contributed by atoms with Crippen molar-refractivity contribution < 1.29 is 5.11 Å². The fourth-order valence-electron chi connectivity index (χ4n) is 2.11. The molecule has 0 amide bonds. The van der Waals surface area contributed by atoms with Crippen LogP contribution in [-0.4, -0.2) is 35.7 Å². The Kier molecular flexibility index (Phi) is 2.64. The normalized spacial score (nSPS) is 28.5. The lowest BCUT2D eigenvalue weighted by molar-refractivity contribution is 0.0531. The van der Waals surface area contributed by atoms with Gasteiger partial charge in [0.1, 0.15) is 0 Å². The number of likely N-dealkylation sites (N-methyl/N-ethyl adjacent to an activating group) is 1. The molecular formula is C11H17NOS. The minimum atomic E-state index is -0.480. The Morgan fingerprint density at radius 1 is 1.57 bits per heavy atom. The molecule has 1 unspecified atom stereocenters. The molecule has 1 aliphatic heterocycles. The highest BCUT2D eigenvalue weighted by atomic mass is 32.1. The lowest BCUT2D eigenvalue weighted by Crippen LogP contribution is -2.33. The molecule has 0 aliphatic carbocycles. The third-order valence-corrected chi connectivity index (χ3v) is 3.82. The van der Waals surface area contributed by atoms with Gasteiger partial charge in [0, 0.05) is 29.3 Å². The van der Waals surface area contributed by atoms with Gasteiger partial charge in [-0.2, -0.15) is 0 Å². The lowest BCUT2D eigenvalue weighted by Gasteiger charge is -2.21. The van der Waals surface area contributed by atoms with E-state index in [1.54, 1.807) is 11.3 Å². The van der Waals surface area contributed by atoms with Gasteiger partial charge in [0.2, 0.25) is 0 Å². The zero-order valence-corrected chi connectivity index (χ0v) is 9.60. The number of aliphatic hydroxyl groups is 1. The lowest BCUT2D eigenvalue weighted by atomic mass is 9.98.